The zero-order valence-corrected chi connectivity index (χ0v) is 11.9. The summed E-state index contributed by atoms with van der Waals surface area (Å²) in [6.07, 6.45) is 0. The lowest BCUT2D eigenvalue weighted by Gasteiger charge is -2.08. The predicted octanol–water partition coefficient (Wildman–Crippen LogP) is 3.88. The van der Waals surface area contributed by atoms with Crippen molar-refractivity contribution in [3.63, 3.8) is 0 Å². The SMILES string of the molecule is CC(N)c1cccc(SCCOc2ccccc2)c1. The Labute approximate surface area is 119 Å². The average molecular weight is 273 g/mol. The summed E-state index contributed by atoms with van der Waals surface area (Å²) < 4.78 is 5.66. The first kappa shape index (κ1) is 14.0. The van der Waals surface area contributed by atoms with Gasteiger partial charge < -0.3 is 10.5 Å². The van der Waals surface area contributed by atoms with Crippen molar-refractivity contribution in [2.45, 2.75) is 17.9 Å². The van der Waals surface area contributed by atoms with E-state index in [1.807, 2.05) is 37.3 Å². The summed E-state index contributed by atoms with van der Waals surface area (Å²) in [7, 11) is 0. The Kier molecular flexibility index (Phi) is 5.31. The normalized spacial score (nSPS) is 12.1. The van der Waals surface area contributed by atoms with Gasteiger partial charge >= 0.3 is 0 Å². The lowest BCUT2D eigenvalue weighted by atomic mass is 10.1. The number of benzene rings is 2. The molecule has 0 fully saturated rings. The van der Waals surface area contributed by atoms with E-state index in [9.17, 15) is 0 Å². The minimum Gasteiger partial charge on any atom is -0.493 e. The molecule has 1 unspecified atom stereocenters. The number of hydrogen-bond donors (Lipinski definition) is 1. The van der Waals surface area contributed by atoms with Crippen molar-refractivity contribution in [2.75, 3.05) is 12.4 Å². The highest BCUT2D eigenvalue weighted by Crippen LogP contribution is 2.21. The maximum absolute atomic E-state index is 5.88. The molecule has 0 amide bonds. The molecular weight excluding hydrogens is 254 g/mol. The molecule has 100 valence electrons. The number of hydrogen-bond acceptors (Lipinski definition) is 3. The zero-order valence-electron chi connectivity index (χ0n) is 11.1. The van der Waals surface area contributed by atoms with Crippen LogP contribution in [0.1, 0.15) is 18.5 Å². The second kappa shape index (κ2) is 7.22. The molecule has 3 heteroatoms. The smallest absolute Gasteiger partial charge is 0.119 e. The molecule has 0 aliphatic heterocycles. The third kappa shape index (κ3) is 4.62. The summed E-state index contributed by atoms with van der Waals surface area (Å²) in [5, 5.41) is 0. The highest BCUT2D eigenvalue weighted by atomic mass is 32.2. The molecule has 0 saturated heterocycles. The van der Waals surface area contributed by atoms with E-state index in [4.69, 9.17) is 10.5 Å². The van der Waals surface area contributed by atoms with Gasteiger partial charge in [0.05, 0.1) is 6.61 Å². The van der Waals surface area contributed by atoms with Crippen molar-refractivity contribution in [1.82, 2.24) is 0 Å². The van der Waals surface area contributed by atoms with Gasteiger partial charge in [-0.1, -0.05) is 30.3 Å². The van der Waals surface area contributed by atoms with Gasteiger partial charge in [-0.2, -0.15) is 0 Å². The largest absolute Gasteiger partial charge is 0.493 e. The molecule has 0 aromatic heterocycles. The molecule has 2 N–H and O–H groups in total. The van der Waals surface area contributed by atoms with Crippen LogP contribution < -0.4 is 10.5 Å². The van der Waals surface area contributed by atoms with E-state index in [1.54, 1.807) is 11.8 Å². The van der Waals surface area contributed by atoms with Crippen LogP contribution in [0.2, 0.25) is 0 Å². The van der Waals surface area contributed by atoms with Crippen LogP contribution in [-0.2, 0) is 0 Å². The van der Waals surface area contributed by atoms with Gasteiger partial charge in [-0.05, 0) is 36.8 Å². The van der Waals surface area contributed by atoms with E-state index in [2.05, 4.69) is 24.3 Å². The first-order valence-corrected chi connectivity index (χ1v) is 7.40. The van der Waals surface area contributed by atoms with Gasteiger partial charge in [-0.25, -0.2) is 0 Å². The van der Waals surface area contributed by atoms with E-state index < -0.39 is 0 Å². The highest BCUT2D eigenvalue weighted by Gasteiger charge is 2.01. The maximum Gasteiger partial charge on any atom is 0.119 e. The number of ether oxygens (including phenoxy) is 1. The molecule has 1 atom stereocenters. The molecule has 0 radical (unpaired) electrons. The van der Waals surface area contributed by atoms with Gasteiger partial charge in [-0.3, -0.25) is 0 Å². The fraction of sp³-hybridized carbons (Fsp3) is 0.250. The van der Waals surface area contributed by atoms with Crippen LogP contribution >= 0.6 is 11.8 Å². The third-order valence-electron chi connectivity index (χ3n) is 2.75. The Morgan fingerprint density at radius 1 is 1.11 bits per heavy atom. The predicted molar refractivity (Wildman–Crippen MR) is 81.7 cm³/mol. The van der Waals surface area contributed by atoms with Crippen LogP contribution in [0.15, 0.2) is 59.5 Å². The van der Waals surface area contributed by atoms with E-state index >= 15 is 0 Å². The first-order chi connectivity index (χ1) is 9.25. The Balaban J connectivity index is 1.78. The molecule has 0 bridgehead atoms. The highest BCUT2D eigenvalue weighted by molar-refractivity contribution is 7.99. The standard InChI is InChI=1S/C16H19NOS/c1-13(17)14-6-5-9-16(12-14)19-11-10-18-15-7-3-2-4-8-15/h2-9,12-13H,10-11,17H2,1H3. The van der Waals surface area contributed by atoms with Crippen LogP contribution in [0.25, 0.3) is 0 Å². The number of para-hydroxylation sites is 1. The summed E-state index contributed by atoms with van der Waals surface area (Å²) >= 11 is 1.79. The lowest BCUT2D eigenvalue weighted by Crippen LogP contribution is -2.04. The van der Waals surface area contributed by atoms with E-state index in [1.165, 1.54) is 10.5 Å². The van der Waals surface area contributed by atoms with Crippen molar-refractivity contribution < 1.29 is 4.74 Å². The Hall–Kier alpha value is -1.45. The Morgan fingerprint density at radius 2 is 1.89 bits per heavy atom. The number of nitrogens with two attached hydrogens (primary N) is 1. The Bertz CT molecular complexity index is 499. The van der Waals surface area contributed by atoms with Gasteiger partial charge in [0.1, 0.15) is 5.75 Å². The molecule has 0 spiro atoms. The second-order valence-electron chi connectivity index (χ2n) is 4.37. The zero-order chi connectivity index (χ0) is 13.5. The number of thioether (sulfide) groups is 1. The fourth-order valence-electron chi connectivity index (χ4n) is 1.72. The first-order valence-electron chi connectivity index (χ1n) is 6.42. The summed E-state index contributed by atoms with van der Waals surface area (Å²) in [5.74, 6) is 1.85. The monoisotopic (exact) mass is 273 g/mol. The minimum atomic E-state index is 0.0844. The minimum absolute atomic E-state index is 0.0844. The average Bonchev–Trinajstić information content (AvgIpc) is 2.45. The van der Waals surface area contributed by atoms with Crippen molar-refractivity contribution in [1.29, 1.82) is 0 Å². The van der Waals surface area contributed by atoms with Crippen LogP contribution in [0.4, 0.5) is 0 Å². The molecule has 0 aliphatic rings. The fourth-order valence-corrected chi connectivity index (χ4v) is 2.52. The van der Waals surface area contributed by atoms with Crippen molar-refractivity contribution in [3.8, 4) is 5.75 Å². The summed E-state index contributed by atoms with van der Waals surface area (Å²) in [5.41, 5.74) is 7.05. The second-order valence-corrected chi connectivity index (χ2v) is 5.54. The van der Waals surface area contributed by atoms with Crippen LogP contribution in [0.5, 0.6) is 5.75 Å². The van der Waals surface area contributed by atoms with Crippen LogP contribution in [0, 0.1) is 0 Å². The van der Waals surface area contributed by atoms with Gasteiger partial charge in [0.25, 0.3) is 0 Å². The van der Waals surface area contributed by atoms with Gasteiger partial charge in [-0.15, -0.1) is 11.8 Å². The van der Waals surface area contributed by atoms with E-state index in [0.29, 0.717) is 6.61 Å². The molecule has 0 aliphatic carbocycles. The molecule has 0 saturated carbocycles. The summed E-state index contributed by atoms with van der Waals surface area (Å²) in [6.45, 7) is 2.71. The molecule has 2 nitrogen and oxygen atoms in total. The third-order valence-corrected chi connectivity index (χ3v) is 3.71. The molecule has 19 heavy (non-hydrogen) atoms. The molecule has 2 aromatic rings. The Morgan fingerprint density at radius 3 is 2.63 bits per heavy atom. The molecular formula is C16H19NOS. The molecule has 2 rings (SSSR count). The van der Waals surface area contributed by atoms with Crippen molar-refractivity contribution in [3.05, 3.63) is 60.2 Å². The molecule has 0 heterocycles. The number of rotatable bonds is 6. The van der Waals surface area contributed by atoms with Crippen molar-refractivity contribution >= 4 is 11.8 Å². The van der Waals surface area contributed by atoms with Gasteiger partial charge in [0.15, 0.2) is 0 Å². The van der Waals surface area contributed by atoms with Crippen LogP contribution in [0.3, 0.4) is 0 Å². The summed E-state index contributed by atoms with van der Waals surface area (Å²) in [6, 6.07) is 18.4. The van der Waals surface area contributed by atoms with Crippen molar-refractivity contribution in [2.24, 2.45) is 5.73 Å². The maximum atomic E-state index is 5.88. The van der Waals surface area contributed by atoms with Gasteiger partial charge in [0, 0.05) is 16.7 Å². The molecule has 2 aromatic carbocycles. The lowest BCUT2D eigenvalue weighted by molar-refractivity contribution is 0.344. The van der Waals surface area contributed by atoms with Gasteiger partial charge in [0.2, 0.25) is 0 Å². The van der Waals surface area contributed by atoms with E-state index in [0.717, 1.165) is 11.5 Å². The van der Waals surface area contributed by atoms with E-state index in [-0.39, 0.29) is 6.04 Å². The topological polar surface area (TPSA) is 35.2 Å². The van der Waals surface area contributed by atoms with Crippen LogP contribution in [-0.4, -0.2) is 12.4 Å². The quantitative estimate of drug-likeness (QED) is 0.641. The summed E-state index contributed by atoms with van der Waals surface area (Å²) in [4.78, 5) is 1.24.